The molecule has 0 amide bonds. The van der Waals surface area contributed by atoms with Gasteiger partial charge < -0.3 is 5.32 Å². The zero-order valence-corrected chi connectivity index (χ0v) is 9.30. The molecule has 0 radical (unpaired) electrons. The number of nitrogens with zero attached hydrogens (tertiary/aromatic N) is 1. The van der Waals surface area contributed by atoms with Gasteiger partial charge in [-0.05, 0) is 18.7 Å². The summed E-state index contributed by atoms with van der Waals surface area (Å²) in [7, 11) is 2.17. The van der Waals surface area contributed by atoms with Crippen LogP contribution in [0.3, 0.4) is 0 Å². The second kappa shape index (κ2) is 4.34. The molecule has 14 heavy (non-hydrogen) atoms. The first kappa shape index (κ1) is 10.0. The largest absolute Gasteiger partial charge is 0.314 e. The van der Waals surface area contributed by atoms with E-state index >= 15 is 0 Å². The quantitative estimate of drug-likeness (QED) is 0.681. The van der Waals surface area contributed by atoms with Crippen molar-refractivity contribution in [2.45, 2.75) is 10.9 Å². The lowest BCUT2D eigenvalue weighted by atomic mass is 10.0. The van der Waals surface area contributed by atoms with Crippen LogP contribution >= 0.6 is 12.6 Å². The highest BCUT2D eigenvalue weighted by Crippen LogP contribution is 2.25. The van der Waals surface area contributed by atoms with Crippen molar-refractivity contribution < 1.29 is 0 Å². The third-order valence-electron chi connectivity index (χ3n) is 2.81. The van der Waals surface area contributed by atoms with E-state index in [2.05, 4.69) is 48.1 Å². The Morgan fingerprint density at radius 1 is 1.43 bits per heavy atom. The van der Waals surface area contributed by atoms with Gasteiger partial charge in [-0.25, -0.2) is 0 Å². The van der Waals surface area contributed by atoms with Gasteiger partial charge in [0.15, 0.2) is 0 Å². The van der Waals surface area contributed by atoms with Crippen LogP contribution in [-0.4, -0.2) is 31.6 Å². The fourth-order valence-corrected chi connectivity index (χ4v) is 2.23. The van der Waals surface area contributed by atoms with Gasteiger partial charge in [-0.1, -0.05) is 18.2 Å². The Kier molecular flexibility index (Phi) is 3.11. The Bertz CT molecular complexity index is 314. The van der Waals surface area contributed by atoms with Gasteiger partial charge in [0.25, 0.3) is 0 Å². The van der Waals surface area contributed by atoms with E-state index in [1.54, 1.807) is 0 Å². The van der Waals surface area contributed by atoms with Crippen molar-refractivity contribution in [3.63, 3.8) is 0 Å². The average molecular weight is 208 g/mol. The van der Waals surface area contributed by atoms with E-state index in [-0.39, 0.29) is 0 Å². The second-order valence-corrected chi connectivity index (χ2v) is 4.24. The maximum Gasteiger partial charge on any atom is 0.0481 e. The molecule has 3 heteroatoms. The van der Waals surface area contributed by atoms with Crippen LogP contribution in [0.25, 0.3) is 0 Å². The average Bonchev–Trinajstić information content (AvgIpc) is 2.20. The molecule has 1 heterocycles. The molecular weight excluding hydrogens is 192 g/mol. The fourth-order valence-electron chi connectivity index (χ4n) is 1.92. The summed E-state index contributed by atoms with van der Waals surface area (Å²) in [6.07, 6.45) is 0. The van der Waals surface area contributed by atoms with E-state index in [1.807, 2.05) is 6.07 Å². The van der Waals surface area contributed by atoms with Crippen molar-refractivity contribution in [3.05, 3.63) is 29.8 Å². The molecule has 1 atom stereocenters. The number of likely N-dealkylation sites (N-methyl/N-ethyl adjacent to an activating group) is 1. The molecule has 76 valence electrons. The van der Waals surface area contributed by atoms with Gasteiger partial charge in [0.05, 0.1) is 0 Å². The highest BCUT2D eigenvalue weighted by atomic mass is 32.1. The topological polar surface area (TPSA) is 15.3 Å². The molecule has 1 N–H and O–H groups in total. The summed E-state index contributed by atoms with van der Waals surface area (Å²) in [5.74, 6) is 0. The maximum atomic E-state index is 4.49. The molecule has 2 nitrogen and oxygen atoms in total. The minimum Gasteiger partial charge on any atom is -0.314 e. The lowest BCUT2D eigenvalue weighted by Gasteiger charge is -2.34. The summed E-state index contributed by atoms with van der Waals surface area (Å²) in [5.41, 5.74) is 1.32. The van der Waals surface area contributed by atoms with Crippen molar-refractivity contribution in [1.29, 1.82) is 0 Å². The van der Waals surface area contributed by atoms with Crippen molar-refractivity contribution in [2.24, 2.45) is 0 Å². The summed E-state index contributed by atoms with van der Waals surface area (Å²) in [4.78, 5) is 3.47. The van der Waals surface area contributed by atoms with Crippen LogP contribution < -0.4 is 5.32 Å². The van der Waals surface area contributed by atoms with Gasteiger partial charge in [-0.3, -0.25) is 4.90 Å². The second-order valence-electron chi connectivity index (χ2n) is 3.76. The molecule has 1 unspecified atom stereocenters. The van der Waals surface area contributed by atoms with E-state index in [1.165, 1.54) is 5.56 Å². The van der Waals surface area contributed by atoms with E-state index in [0.29, 0.717) is 6.04 Å². The molecule has 1 aliphatic heterocycles. The van der Waals surface area contributed by atoms with Crippen LogP contribution in [0.1, 0.15) is 11.6 Å². The Labute approximate surface area is 90.7 Å². The fraction of sp³-hybridized carbons (Fsp3) is 0.455. The van der Waals surface area contributed by atoms with Gasteiger partial charge in [-0.15, -0.1) is 12.6 Å². The number of hydrogen-bond acceptors (Lipinski definition) is 3. The lowest BCUT2D eigenvalue weighted by molar-refractivity contribution is 0.200. The monoisotopic (exact) mass is 208 g/mol. The van der Waals surface area contributed by atoms with Crippen LogP contribution in [0.15, 0.2) is 29.2 Å². The minimum absolute atomic E-state index is 0.470. The van der Waals surface area contributed by atoms with Gasteiger partial charge >= 0.3 is 0 Å². The number of benzene rings is 1. The van der Waals surface area contributed by atoms with Crippen molar-refractivity contribution in [3.8, 4) is 0 Å². The zero-order chi connectivity index (χ0) is 9.97. The van der Waals surface area contributed by atoms with E-state index < -0.39 is 0 Å². The SMILES string of the molecule is CN1CCNCC1c1ccccc1S. The van der Waals surface area contributed by atoms with Gasteiger partial charge in [0.2, 0.25) is 0 Å². The maximum absolute atomic E-state index is 4.49. The lowest BCUT2D eigenvalue weighted by Crippen LogP contribution is -2.43. The Morgan fingerprint density at radius 3 is 2.93 bits per heavy atom. The number of rotatable bonds is 1. The molecule has 0 aromatic heterocycles. The Balaban J connectivity index is 2.25. The van der Waals surface area contributed by atoms with Crippen molar-refractivity contribution >= 4 is 12.6 Å². The first-order valence-corrected chi connectivity index (χ1v) is 5.42. The Hall–Kier alpha value is -0.510. The predicted octanol–water partition coefficient (Wildman–Crippen LogP) is 1.55. The molecule has 1 aromatic rings. The predicted molar refractivity (Wildman–Crippen MR) is 61.9 cm³/mol. The number of nitrogens with one attached hydrogen (secondary N) is 1. The number of piperazine rings is 1. The molecular formula is C11H16N2S. The molecule has 1 saturated heterocycles. The standard InChI is InChI=1S/C11H16N2S/c1-13-7-6-12-8-10(13)9-4-2-3-5-11(9)14/h2-5,10,12,14H,6-8H2,1H3. The molecule has 1 aliphatic rings. The molecule has 0 bridgehead atoms. The minimum atomic E-state index is 0.470. The molecule has 0 aliphatic carbocycles. The summed E-state index contributed by atoms with van der Waals surface area (Å²) in [6, 6.07) is 8.80. The molecule has 0 spiro atoms. The van der Waals surface area contributed by atoms with E-state index in [0.717, 1.165) is 24.5 Å². The van der Waals surface area contributed by atoms with Crippen LogP contribution in [0, 0.1) is 0 Å². The smallest absolute Gasteiger partial charge is 0.0481 e. The molecule has 0 saturated carbocycles. The Morgan fingerprint density at radius 2 is 2.21 bits per heavy atom. The highest BCUT2D eigenvalue weighted by Gasteiger charge is 2.21. The summed E-state index contributed by atoms with van der Waals surface area (Å²) in [5, 5.41) is 3.42. The number of hydrogen-bond donors (Lipinski definition) is 2. The van der Waals surface area contributed by atoms with Crippen LogP contribution in [0.5, 0.6) is 0 Å². The van der Waals surface area contributed by atoms with Crippen LogP contribution in [0.4, 0.5) is 0 Å². The number of thiol groups is 1. The third-order valence-corrected chi connectivity index (χ3v) is 3.21. The van der Waals surface area contributed by atoms with E-state index in [4.69, 9.17) is 0 Å². The van der Waals surface area contributed by atoms with Gasteiger partial charge in [-0.2, -0.15) is 0 Å². The first-order chi connectivity index (χ1) is 6.79. The molecule has 1 aromatic carbocycles. The van der Waals surface area contributed by atoms with E-state index in [9.17, 15) is 0 Å². The van der Waals surface area contributed by atoms with Crippen LogP contribution in [-0.2, 0) is 0 Å². The third kappa shape index (κ3) is 1.95. The van der Waals surface area contributed by atoms with Crippen LogP contribution in [0.2, 0.25) is 0 Å². The first-order valence-electron chi connectivity index (χ1n) is 4.98. The zero-order valence-electron chi connectivity index (χ0n) is 8.40. The summed E-state index contributed by atoms with van der Waals surface area (Å²) in [6.45, 7) is 3.21. The van der Waals surface area contributed by atoms with Gasteiger partial charge in [0, 0.05) is 30.6 Å². The summed E-state index contributed by atoms with van der Waals surface area (Å²) < 4.78 is 0. The van der Waals surface area contributed by atoms with Crippen molar-refractivity contribution in [1.82, 2.24) is 10.2 Å². The van der Waals surface area contributed by atoms with Crippen molar-refractivity contribution in [2.75, 3.05) is 26.7 Å². The summed E-state index contributed by atoms with van der Waals surface area (Å²) >= 11 is 4.49. The highest BCUT2D eigenvalue weighted by molar-refractivity contribution is 7.80. The molecule has 1 fully saturated rings. The van der Waals surface area contributed by atoms with Gasteiger partial charge in [0.1, 0.15) is 0 Å². The normalized spacial score (nSPS) is 23.7. The molecule has 2 rings (SSSR count).